The van der Waals surface area contributed by atoms with Crippen molar-refractivity contribution in [2.24, 2.45) is 0 Å². The molecule has 2 aromatic heterocycles. The van der Waals surface area contributed by atoms with Crippen LogP contribution in [0.1, 0.15) is 22.6 Å². The molecule has 0 N–H and O–H groups in total. The van der Waals surface area contributed by atoms with Gasteiger partial charge >= 0.3 is 6.18 Å². The van der Waals surface area contributed by atoms with E-state index in [1.807, 2.05) is 42.5 Å². The molecule has 1 aliphatic rings. The minimum Gasteiger partial charge on any atom is -0.460 e. The molecule has 4 aromatic rings. The lowest BCUT2D eigenvalue weighted by Gasteiger charge is -2.27. The Morgan fingerprint density at radius 2 is 1.69 bits per heavy atom. The number of fused-ring (bicyclic) bond motifs is 1. The van der Waals surface area contributed by atoms with Crippen LogP contribution in [0.3, 0.4) is 0 Å². The van der Waals surface area contributed by atoms with Gasteiger partial charge in [0.05, 0.1) is 17.8 Å². The van der Waals surface area contributed by atoms with E-state index in [1.54, 1.807) is 6.20 Å². The zero-order valence-electron chi connectivity index (χ0n) is 17.1. The van der Waals surface area contributed by atoms with Gasteiger partial charge in [-0.3, -0.25) is 4.90 Å². The van der Waals surface area contributed by atoms with Crippen LogP contribution >= 0.6 is 0 Å². The topological polar surface area (TPSA) is 42.2 Å². The molecule has 1 aliphatic heterocycles. The largest absolute Gasteiger partial charge is 0.460 e. The minimum absolute atomic E-state index is 0.449. The molecular formula is C25H20F3N3O. The number of alkyl halides is 3. The summed E-state index contributed by atoms with van der Waals surface area (Å²) in [5, 5.41) is 0. The summed E-state index contributed by atoms with van der Waals surface area (Å²) in [5.74, 6) is 2.20. The predicted octanol–water partition coefficient (Wildman–Crippen LogP) is 5.98. The normalized spacial score (nSPS) is 14.3. The summed E-state index contributed by atoms with van der Waals surface area (Å²) in [6.45, 7) is 2.20. The fourth-order valence-corrected chi connectivity index (χ4v) is 3.90. The second kappa shape index (κ2) is 8.24. The van der Waals surface area contributed by atoms with Gasteiger partial charge in [0.15, 0.2) is 5.82 Å². The molecule has 0 bridgehead atoms. The number of aromatic nitrogens is 2. The van der Waals surface area contributed by atoms with E-state index in [1.165, 1.54) is 12.1 Å². The first-order chi connectivity index (χ1) is 15.5. The molecule has 2 aromatic carbocycles. The molecular weight excluding hydrogens is 415 g/mol. The molecule has 0 amide bonds. The molecule has 4 nitrogen and oxygen atoms in total. The van der Waals surface area contributed by atoms with Gasteiger partial charge in [-0.1, -0.05) is 42.5 Å². The quantitative estimate of drug-likeness (QED) is 0.395. The van der Waals surface area contributed by atoms with Crippen LogP contribution in [0.5, 0.6) is 0 Å². The van der Waals surface area contributed by atoms with Gasteiger partial charge in [0, 0.05) is 42.4 Å². The Hall–Kier alpha value is -3.45. The monoisotopic (exact) mass is 435 g/mol. The molecule has 3 heterocycles. The molecule has 32 heavy (non-hydrogen) atoms. The first kappa shape index (κ1) is 20.5. The number of rotatable bonds is 4. The van der Waals surface area contributed by atoms with E-state index in [4.69, 9.17) is 4.42 Å². The third kappa shape index (κ3) is 4.29. The van der Waals surface area contributed by atoms with Crippen LogP contribution in [-0.4, -0.2) is 21.4 Å². The number of halogens is 3. The minimum atomic E-state index is -4.35. The summed E-state index contributed by atoms with van der Waals surface area (Å²) in [7, 11) is 0. The number of hydrogen-bond donors (Lipinski definition) is 0. The van der Waals surface area contributed by atoms with Crippen molar-refractivity contribution in [2.45, 2.75) is 25.7 Å². The number of furan rings is 1. The molecule has 162 valence electrons. The summed E-state index contributed by atoms with van der Waals surface area (Å²) in [5.41, 5.74) is 2.92. The zero-order chi connectivity index (χ0) is 22.1. The Bertz CT molecular complexity index is 1220. The smallest absolute Gasteiger partial charge is 0.416 e. The molecule has 0 fully saturated rings. The van der Waals surface area contributed by atoms with Crippen molar-refractivity contribution in [2.75, 3.05) is 6.54 Å². The Labute approximate surface area is 183 Å². The molecule has 0 unspecified atom stereocenters. The van der Waals surface area contributed by atoms with E-state index in [-0.39, 0.29) is 0 Å². The van der Waals surface area contributed by atoms with Crippen molar-refractivity contribution < 1.29 is 17.6 Å². The molecule has 0 atom stereocenters. The highest BCUT2D eigenvalue weighted by Crippen LogP contribution is 2.31. The number of nitrogens with zero attached hydrogens (tertiary/aromatic N) is 3. The Balaban J connectivity index is 1.27. The predicted molar refractivity (Wildman–Crippen MR) is 114 cm³/mol. The van der Waals surface area contributed by atoms with Gasteiger partial charge in [0.25, 0.3) is 0 Å². The number of hydrogen-bond acceptors (Lipinski definition) is 4. The van der Waals surface area contributed by atoms with Crippen molar-refractivity contribution in [3.8, 4) is 22.7 Å². The van der Waals surface area contributed by atoms with Crippen LogP contribution in [0.15, 0.2) is 77.3 Å². The lowest BCUT2D eigenvalue weighted by atomic mass is 10.1. The van der Waals surface area contributed by atoms with E-state index in [9.17, 15) is 13.2 Å². The van der Waals surface area contributed by atoms with Gasteiger partial charge in [0.2, 0.25) is 0 Å². The van der Waals surface area contributed by atoms with Gasteiger partial charge < -0.3 is 4.42 Å². The second-order valence-electron chi connectivity index (χ2n) is 7.83. The molecule has 5 rings (SSSR count). The van der Waals surface area contributed by atoms with E-state index in [0.29, 0.717) is 24.5 Å². The molecule has 0 aliphatic carbocycles. The molecule has 0 saturated carbocycles. The summed E-state index contributed by atoms with van der Waals surface area (Å²) >= 11 is 0. The van der Waals surface area contributed by atoms with Gasteiger partial charge in [-0.05, 0) is 24.3 Å². The van der Waals surface area contributed by atoms with Crippen LogP contribution in [0.25, 0.3) is 22.7 Å². The summed E-state index contributed by atoms with van der Waals surface area (Å²) in [4.78, 5) is 11.3. The maximum absolute atomic E-state index is 12.8. The van der Waals surface area contributed by atoms with Crippen molar-refractivity contribution in [3.05, 3.63) is 95.5 Å². The van der Waals surface area contributed by atoms with E-state index in [0.717, 1.165) is 53.4 Å². The molecule has 0 spiro atoms. The number of benzene rings is 2. The molecule has 7 heteroatoms. The Kier molecular flexibility index (Phi) is 5.27. The van der Waals surface area contributed by atoms with Gasteiger partial charge in [-0.15, -0.1) is 0 Å². The van der Waals surface area contributed by atoms with Crippen molar-refractivity contribution in [1.29, 1.82) is 0 Å². The van der Waals surface area contributed by atoms with Crippen LogP contribution in [0.4, 0.5) is 13.2 Å². The fraction of sp³-hybridized carbons (Fsp3) is 0.200. The maximum Gasteiger partial charge on any atom is 0.416 e. The maximum atomic E-state index is 12.8. The van der Waals surface area contributed by atoms with Gasteiger partial charge in [0.1, 0.15) is 11.5 Å². The third-order valence-corrected chi connectivity index (χ3v) is 5.58. The van der Waals surface area contributed by atoms with Crippen LogP contribution in [-0.2, 0) is 25.7 Å². The highest BCUT2D eigenvalue weighted by molar-refractivity contribution is 5.57. The third-order valence-electron chi connectivity index (χ3n) is 5.58. The molecule has 0 radical (unpaired) electrons. The van der Waals surface area contributed by atoms with E-state index >= 15 is 0 Å². The summed E-state index contributed by atoms with van der Waals surface area (Å²) in [6, 6.07) is 18.9. The Morgan fingerprint density at radius 3 is 2.44 bits per heavy atom. The van der Waals surface area contributed by atoms with E-state index in [2.05, 4.69) is 14.9 Å². The average molecular weight is 435 g/mol. The van der Waals surface area contributed by atoms with Crippen LogP contribution in [0.2, 0.25) is 0 Å². The highest BCUT2D eigenvalue weighted by atomic mass is 19.4. The fourth-order valence-electron chi connectivity index (χ4n) is 3.90. The van der Waals surface area contributed by atoms with Crippen molar-refractivity contribution >= 4 is 0 Å². The highest BCUT2D eigenvalue weighted by Gasteiger charge is 2.30. The summed E-state index contributed by atoms with van der Waals surface area (Å²) < 4.78 is 44.4. The van der Waals surface area contributed by atoms with E-state index < -0.39 is 11.7 Å². The lowest BCUT2D eigenvalue weighted by molar-refractivity contribution is -0.137. The second-order valence-corrected chi connectivity index (χ2v) is 7.83. The van der Waals surface area contributed by atoms with Gasteiger partial charge in [-0.2, -0.15) is 13.2 Å². The van der Waals surface area contributed by atoms with Crippen molar-refractivity contribution in [3.63, 3.8) is 0 Å². The van der Waals surface area contributed by atoms with Crippen LogP contribution in [0, 0.1) is 0 Å². The lowest BCUT2D eigenvalue weighted by Crippen LogP contribution is -2.30. The SMILES string of the molecule is FC(F)(F)c1ccc(-c2ncc3c(n2)CCN(Cc2ccc(-c4ccccc4)o2)C3)cc1. The Morgan fingerprint density at radius 1 is 0.906 bits per heavy atom. The first-order valence-electron chi connectivity index (χ1n) is 10.3. The standard InChI is InChI=1S/C25H20F3N3O/c26-25(27,28)20-8-6-18(7-9-20)24-29-14-19-15-31(13-12-22(19)30-24)16-21-10-11-23(32-21)17-4-2-1-3-5-17/h1-11,14H,12-13,15-16H2. The molecule has 0 saturated heterocycles. The summed E-state index contributed by atoms with van der Waals surface area (Å²) in [6.07, 6.45) is -1.83. The first-order valence-corrected chi connectivity index (χ1v) is 10.3. The van der Waals surface area contributed by atoms with Gasteiger partial charge in [-0.25, -0.2) is 9.97 Å². The zero-order valence-corrected chi connectivity index (χ0v) is 17.1. The van der Waals surface area contributed by atoms with Crippen molar-refractivity contribution in [1.82, 2.24) is 14.9 Å². The average Bonchev–Trinajstić information content (AvgIpc) is 3.27. The van der Waals surface area contributed by atoms with Crippen LogP contribution < -0.4 is 0 Å².